The van der Waals surface area contributed by atoms with Gasteiger partial charge in [0.2, 0.25) is 0 Å². The van der Waals surface area contributed by atoms with Crippen molar-refractivity contribution in [2.45, 2.75) is 18.8 Å². The molecule has 3 nitrogen and oxygen atoms in total. The molecule has 1 heterocycles. The number of nitrogens with one attached hydrogen (secondary N) is 1. The summed E-state index contributed by atoms with van der Waals surface area (Å²) in [6, 6.07) is 8.57. The van der Waals surface area contributed by atoms with E-state index < -0.39 is 9.84 Å². The average Bonchev–Trinajstić information content (AvgIpc) is 2.65. The summed E-state index contributed by atoms with van der Waals surface area (Å²) in [6.45, 7) is 1.82. The summed E-state index contributed by atoms with van der Waals surface area (Å²) in [4.78, 5) is 0. The van der Waals surface area contributed by atoms with Gasteiger partial charge in [0.1, 0.15) is 0 Å². The van der Waals surface area contributed by atoms with Crippen LogP contribution in [0.1, 0.15) is 23.5 Å². The Balaban J connectivity index is 1.45. The third-order valence-electron chi connectivity index (χ3n) is 4.11. The molecule has 1 aliphatic carbocycles. The second-order valence-electron chi connectivity index (χ2n) is 5.53. The van der Waals surface area contributed by atoms with E-state index in [9.17, 15) is 8.42 Å². The minimum atomic E-state index is -2.73. The molecule has 18 heavy (non-hydrogen) atoms. The van der Waals surface area contributed by atoms with Crippen LogP contribution in [0.15, 0.2) is 24.3 Å². The van der Waals surface area contributed by atoms with E-state index in [1.54, 1.807) is 0 Å². The van der Waals surface area contributed by atoms with Gasteiger partial charge >= 0.3 is 0 Å². The van der Waals surface area contributed by atoms with Gasteiger partial charge in [-0.3, -0.25) is 0 Å². The van der Waals surface area contributed by atoms with Crippen molar-refractivity contribution in [1.29, 1.82) is 0 Å². The zero-order valence-corrected chi connectivity index (χ0v) is 11.2. The summed E-state index contributed by atoms with van der Waals surface area (Å²) in [6.07, 6.45) is 1.99. The summed E-state index contributed by atoms with van der Waals surface area (Å²) in [7, 11) is -2.73. The van der Waals surface area contributed by atoms with Gasteiger partial charge in [-0.05, 0) is 36.4 Å². The average molecular weight is 265 g/mol. The molecule has 4 heteroatoms. The zero-order chi connectivity index (χ0) is 12.6. The Morgan fingerprint density at radius 1 is 1.22 bits per heavy atom. The Hall–Kier alpha value is -0.870. The molecule has 0 radical (unpaired) electrons. The maximum absolute atomic E-state index is 11.3. The second-order valence-corrected chi connectivity index (χ2v) is 7.76. The first-order chi connectivity index (χ1) is 8.64. The fraction of sp³-hybridized carbons (Fsp3) is 0.571. The summed E-state index contributed by atoms with van der Waals surface area (Å²) in [5, 5.41) is 3.44. The summed E-state index contributed by atoms with van der Waals surface area (Å²) < 4.78 is 22.7. The lowest BCUT2D eigenvalue weighted by Gasteiger charge is -2.30. The molecule has 98 valence electrons. The minimum Gasteiger partial charge on any atom is -0.316 e. The van der Waals surface area contributed by atoms with Crippen molar-refractivity contribution in [2.75, 3.05) is 24.6 Å². The lowest BCUT2D eigenvalue weighted by Crippen LogP contribution is -2.32. The van der Waals surface area contributed by atoms with Gasteiger partial charge in [0.25, 0.3) is 0 Å². The molecule has 2 unspecified atom stereocenters. The molecule has 0 spiro atoms. The Bertz CT molecular complexity index is 538. The van der Waals surface area contributed by atoms with Gasteiger partial charge in [-0.2, -0.15) is 0 Å². The molecular weight excluding hydrogens is 246 g/mol. The van der Waals surface area contributed by atoms with E-state index in [-0.39, 0.29) is 0 Å². The van der Waals surface area contributed by atoms with Gasteiger partial charge in [0.15, 0.2) is 9.84 Å². The number of sulfone groups is 1. The fourth-order valence-corrected chi connectivity index (χ4v) is 4.90. The highest BCUT2D eigenvalue weighted by Crippen LogP contribution is 2.34. The molecule has 1 aromatic carbocycles. The molecule has 1 aliphatic heterocycles. The molecule has 2 aliphatic rings. The predicted molar refractivity (Wildman–Crippen MR) is 72.5 cm³/mol. The van der Waals surface area contributed by atoms with Gasteiger partial charge in [0.05, 0.1) is 11.5 Å². The Morgan fingerprint density at radius 3 is 2.78 bits per heavy atom. The van der Waals surface area contributed by atoms with Gasteiger partial charge in [-0.25, -0.2) is 8.42 Å². The maximum Gasteiger partial charge on any atom is 0.150 e. The molecule has 0 bridgehead atoms. The van der Waals surface area contributed by atoms with Crippen molar-refractivity contribution in [1.82, 2.24) is 5.32 Å². The summed E-state index contributed by atoms with van der Waals surface area (Å²) in [5.74, 6) is 1.71. The summed E-state index contributed by atoms with van der Waals surface area (Å²) >= 11 is 0. The fourth-order valence-electron chi connectivity index (χ4n) is 3.04. The molecule has 0 amide bonds. The van der Waals surface area contributed by atoms with E-state index in [4.69, 9.17) is 0 Å². The first-order valence-electron chi connectivity index (χ1n) is 6.63. The van der Waals surface area contributed by atoms with Gasteiger partial charge in [-0.15, -0.1) is 0 Å². The molecule has 1 fully saturated rings. The van der Waals surface area contributed by atoms with Crippen LogP contribution in [-0.4, -0.2) is 33.0 Å². The molecule has 1 saturated heterocycles. The van der Waals surface area contributed by atoms with Crippen molar-refractivity contribution in [3.8, 4) is 0 Å². The maximum atomic E-state index is 11.3. The van der Waals surface area contributed by atoms with Crippen LogP contribution in [0.4, 0.5) is 0 Å². The lowest BCUT2D eigenvalue weighted by atomic mass is 9.77. The highest BCUT2D eigenvalue weighted by atomic mass is 32.2. The third-order valence-corrected chi connectivity index (χ3v) is 5.95. The second kappa shape index (κ2) is 4.67. The Kier molecular flexibility index (Phi) is 3.16. The van der Waals surface area contributed by atoms with E-state index in [0.29, 0.717) is 23.3 Å². The number of hydrogen-bond acceptors (Lipinski definition) is 3. The van der Waals surface area contributed by atoms with Crippen molar-refractivity contribution in [3.05, 3.63) is 35.4 Å². The molecule has 2 atom stereocenters. The highest BCUT2D eigenvalue weighted by molar-refractivity contribution is 7.91. The van der Waals surface area contributed by atoms with E-state index in [1.165, 1.54) is 11.1 Å². The summed E-state index contributed by atoms with van der Waals surface area (Å²) in [5.41, 5.74) is 2.93. The first-order valence-corrected chi connectivity index (χ1v) is 8.45. The van der Waals surface area contributed by atoms with Crippen LogP contribution in [-0.2, 0) is 16.3 Å². The molecular formula is C14H19NO2S. The monoisotopic (exact) mass is 265 g/mol. The van der Waals surface area contributed by atoms with Gasteiger partial charge in [-0.1, -0.05) is 24.3 Å². The molecule has 0 saturated carbocycles. The number of hydrogen-bond donors (Lipinski definition) is 1. The molecule has 1 aromatic rings. The van der Waals surface area contributed by atoms with Crippen LogP contribution in [0, 0.1) is 5.92 Å². The van der Waals surface area contributed by atoms with E-state index in [1.807, 2.05) is 0 Å². The molecule has 3 rings (SSSR count). The van der Waals surface area contributed by atoms with Gasteiger partial charge in [0, 0.05) is 12.5 Å². The first kappa shape index (κ1) is 12.2. The van der Waals surface area contributed by atoms with Crippen LogP contribution >= 0.6 is 0 Å². The van der Waals surface area contributed by atoms with Crippen molar-refractivity contribution >= 4 is 9.84 Å². The van der Waals surface area contributed by atoms with Crippen molar-refractivity contribution < 1.29 is 8.42 Å². The predicted octanol–water partition coefficient (Wildman–Crippen LogP) is 1.35. The Morgan fingerprint density at radius 2 is 2.06 bits per heavy atom. The van der Waals surface area contributed by atoms with Crippen LogP contribution in [0.3, 0.4) is 0 Å². The molecule has 0 aromatic heterocycles. The van der Waals surface area contributed by atoms with Crippen LogP contribution in [0.5, 0.6) is 0 Å². The standard InChI is InChI=1S/C14H19NO2S/c16-18(17)6-5-11(10-18)8-15-9-13-7-12-3-1-2-4-14(12)13/h1-4,11,13,15H,5-10H2. The zero-order valence-electron chi connectivity index (χ0n) is 10.4. The Labute approximate surface area is 109 Å². The topological polar surface area (TPSA) is 46.2 Å². The smallest absolute Gasteiger partial charge is 0.150 e. The van der Waals surface area contributed by atoms with E-state index >= 15 is 0 Å². The number of rotatable bonds is 4. The SMILES string of the molecule is O=S1(=O)CCC(CNCC2Cc3ccccc32)C1. The normalized spacial score (nSPS) is 28.7. The minimum absolute atomic E-state index is 0.324. The van der Waals surface area contributed by atoms with Crippen molar-refractivity contribution in [3.63, 3.8) is 0 Å². The highest BCUT2D eigenvalue weighted by Gasteiger charge is 2.29. The van der Waals surface area contributed by atoms with Crippen LogP contribution in [0.25, 0.3) is 0 Å². The van der Waals surface area contributed by atoms with Gasteiger partial charge < -0.3 is 5.32 Å². The third kappa shape index (κ3) is 2.45. The largest absolute Gasteiger partial charge is 0.316 e. The van der Waals surface area contributed by atoms with Crippen LogP contribution < -0.4 is 5.32 Å². The van der Waals surface area contributed by atoms with Crippen LogP contribution in [0.2, 0.25) is 0 Å². The lowest BCUT2D eigenvalue weighted by molar-refractivity contribution is 0.476. The van der Waals surface area contributed by atoms with E-state index in [2.05, 4.69) is 29.6 Å². The number of benzene rings is 1. The molecule has 1 N–H and O–H groups in total. The van der Waals surface area contributed by atoms with E-state index in [0.717, 1.165) is 25.9 Å². The van der Waals surface area contributed by atoms with Crippen molar-refractivity contribution in [2.24, 2.45) is 5.92 Å². The number of fused-ring (bicyclic) bond motifs is 1. The quantitative estimate of drug-likeness (QED) is 0.894.